The number of hydrogen-bond donors (Lipinski definition) is 1. The second-order valence-corrected chi connectivity index (χ2v) is 6.73. The molecule has 0 unspecified atom stereocenters. The topological polar surface area (TPSA) is 67.9 Å². The van der Waals surface area contributed by atoms with E-state index in [-0.39, 0.29) is 30.1 Å². The molecule has 0 aliphatic carbocycles. The van der Waals surface area contributed by atoms with Crippen molar-refractivity contribution < 1.29 is 19.1 Å². The van der Waals surface area contributed by atoms with Crippen LogP contribution in [0.4, 0.5) is 0 Å². The van der Waals surface area contributed by atoms with Gasteiger partial charge in [0.25, 0.3) is 5.91 Å². The number of nitrogens with zero attached hydrogens (tertiary/aromatic N) is 1. The number of esters is 1. The molecule has 1 N–H and O–H groups in total. The highest BCUT2D eigenvalue weighted by molar-refractivity contribution is 5.94. The van der Waals surface area contributed by atoms with Crippen molar-refractivity contribution in [3.63, 3.8) is 0 Å². The number of rotatable bonds is 5. The third kappa shape index (κ3) is 4.79. The Labute approximate surface area is 143 Å². The number of ether oxygens (including phenoxy) is 2. The van der Waals surface area contributed by atoms with Crippen LogP contribution in [-0.2, 0) is 14.3 Å². The Morgan fingerprint density at radius 3 is 2.62 bits per heavy atom. The van der Waals surface area contributed by atoms with Gasteiger partial charge < -0.3 is 14.8 Å². The molecule has 132 valence electrons. The molecule has 1 aliphatic heterocycles. The summed E-state index contributed by atoms with van der Waals surface area (Å²) in [7, 11) is 1.36. The second-order valence-electron chi connectivity index (χ2n) is 6.73. The summed E-state index contributed by atoms with van der Waals surface area (Å²) in [6.45, 7) is 7.37. The molecule has 0 radical (unpaired) electrons. The van der Waals surface area contributed by atoms with E-state index in [4.69, 9.17) is 9.47 Å². The highest BCUT2D eigenvalue weighted by Crippen LogP contribution is 2.22. The van der Waals surface area contributed by atoms with E-state index in [2.05, 4.69) is 5.32 Å². The molecule has 2 rings (SSSR count). The number of carbonyl (C=O) groups excluding carboxylic acids is 2. The molecule has 0 aromatic heterocycles. The minimum atomic E-state index is -0.534. The monoisotopic (exact) mass is 334 g/mol. The van der Waals surface area contributed by atoms with Gasteiger partial charge in [0.2, 0.25) is 0 Å². The quantitative estimate of drug-likeness (QED) is 0.826. The molecule has 6 heteroatoms. The summed E-state index contributed by atoms with van der Waals surface area (Å²) in [6.07, 6.45) is 0.00531. The van der Waals surface area contributed by atoms with E-state index in [1.165, 1.54) is 7.11 Å². The van der Waals surface area contributed by atoms with Crippen molar-refractivity contribution in [2.24, 2.45) is 0 Å². The maximum absolute atomic E-state index is 12.2. The van der Waals surface area contributed by atoms with Crippen LogP contribution in [-0.4, -0.2) is 61.3 Å². The average Bonchev–Trinajstić information content (AvgIpc) is 2.53. The second kappa shape index (κ2) is 7.77. The highest BCUT2D eigenvalue weighted by Gasteiger charge is 2.37. The summed E-state index contributed by atoms with van der Waals surface area (Å²) in [5, 5.41) is 2.83. The first-order valence-electron chi connectivity index (χ1n) is 8.15. The average molecular weight is 334 g/mol. The van der Waals surface area contributed by atoms with Crippen molar-refractivity contribution in [2.45, 2.75) is 38.5 Å². The summed E-state index contributed by atoms with van der Waals surface area (Å²) < 4.78 is 10.8. The Kier molecular flexibility index (Phi) is 5.96. The third-order valence-corrected chi connectivity index (χ3v) is 4.00. The number of nitrogens with one attached hydrogen (secondary N) is 1. The lowest BCUT2D eigenvalue weighted by molar-refractivity contribution is -0.162. The zero-order valence-electron chi connectivity index (χ0n) is 14.7. The van der Waals surface area contributed by atoms with Crippen LogP contribution in [0.5, 0.6) is 0 Å². The van der Waals surface area contributed by atoms with Gasteiger partial charge in [0.05, 0.1) is 18.8 Å². The molecule has 1 heterocycles. The molecule has 6 nitrogen and oxygen atoms in total. The van der Waals surface area contributed by atoms with Crippen LogP contribution in [0.1, 0.15) is 31.1 Å². The molecular formula is C18H26N2O4. The van der Waals surface area contributed by atoms with Gasteiger partial charge in [0.15, 0.2) is 0 Å². The van der Waals surface area contributed by atoms with Gasteiger partial charge in [-0.1, -0.05) is 18.2 Å². The molecule has 1 amide bonds. The zero-order valence-corrected chi connectivity index (χ0v) is 14.7. The number of hydrogen-bond acceptors (Lipinski definition) is 5. The van der Waals surface area contributed by atoms with Crippen molar-refractivity contribution in [1.29, 1.82) is 0 Å². The maximum Gasteiger partial charge on any atom is 0.324 e. The molecule has 1 fully saturated rings. The SMILES string of the molecule is COC(=O)[C@H](CNC(=O)c1ccccc1)N1C[C@H](C)OC(C)(C)C1. The largest absolute Gasteiger partial charge is 0.468 e. The van der Waals surface area contributed by atoms with E-state index in [1.807, 2.05) is 31.7 Å². The summed E-state index contributed by atoms with van der Waals surface area (Å²) in [6, 6.07) is 8.40. The van der Waals surface area contributed by atoms with Crippen LogP contribution in [0, 0.1) is 0 Å². The van der Waals surface area contributed by atoms with E-state index in [1.54, 1.807) is 24.3 Å². The van der Waals surface area contributed by atoms with E-state index in [9.17, 15) is 9.59 Å². The minimum absolute atomic E-state index is 0.00531. The van der Waals surface area contributed by atoms with Gasteiger partial charge in [-0.15, -0.1) is 0 Å². The Morgan fingerprint density at radius 2 is 2.04 bits per heavy atom. The predicted octanol–water partition coefficient (Wildman–Crippen LogP) is 1.46. The first-order chi connectivity index (χ1) is 11.3. The lowest BCUT2D eigenvalue weighted by Crippen LogP contribution is -2.59. The summed E-state index contributed by atoms with van der Waals surface area (Å²) in [5.74, 6) is -0.557. The van der Waals surface area contributed by atoms with Crippen LogP contribution < -0.4 is 5.32 Å². The van der Waals surface area contributed by atoms with Crippen LogP contribution in [0.25, 0.3) is 0 Å². The van der Waals surface area contributed by atoms with Gasteiger partial charge in [-0.3, -0.25) is 14.5 Å². The standard InChI is InChI=1S/C18H26N2O4/c1-13-11-20(12-18(2,3)24-13)15(17(22)23-4)10-19-16(21)14-8-6-5-7-9-14/h5-9,13,15H,10-12H2,1-4H3,(H,19,21)/t13-,15-/m0/s1. The molecule has 1 saturated heterocycles. The van der Waals surface area contributed by atoms with Crippen molar-refractivity contribution in [2.75, 3.05) is 26.7 Å². The number of amides is 1. The first kappa shape index (κ1) is 18.4. The molecule has 1 aromatic rings. The van der Waals surface area contributed by atoms with Gasteiger partial charge in [-0.05, 0) is 32.9 Å². The number of benzene rings is 1. The summed E-state index contributed by atoms with van der Waals surface area (Å²) >= 11 is 0. The maximum atomic E-state index is 12.2. The molecule has 1 aliphatic rings. The third-order valence-electron chi connectivity index (χ3n) is 4.00. The van der Waals surface area contributed by atoms with Gasteiger partial charge >= 0.3 is 5.97 Å². The van der Waals surface area contributed by atoms with Crippen LogP contribution in [0.3, 0.4) is 0 Å². The molecule has 2 atom stereocenters. The Hall–Kier alpha value is -1.92. The number of methoxy groups -OCH3 is 1. The number of carbonyl (C=O) groups is 2. The van der Waals surface area contributed by atoms with Gasteiger partial charge in [-0.2, -0.15) is 0 Å². The van der Waals surface area contributed by atoms with Gasteiger partial charge in [0, 0.05) is 25.2 Å². The smallest absolute Gasteiger partial charge is 0.324 e. The molecule has 0 saturated carbocycles. The highest BCUT2D eigenvalue weighted by atomic mass is 16.5. The fraction of sp³-hybridized carbons (Fsp3) is 0.556. The predicted molar refractivity (Wildman–Crippen MR) is 90.8 cm³/mol. The molecule has 0 bridgehead atoms. The Balaban J connectivity index is 2.06. The fourth-order valence-corrected chi connectivity index (χ4v) is 3.12. The Morgan fingerprint density at radius 1 is 1.38 bits per heavy atom. The van der Waals surface area contributed by atoms with Crippen LogP contribution >= 0.6 is 0 Å². The fourth-order valence-electron chi connectivity index (χ4n) is 3.12. The van der Waals surface area contributed by atoms with Gasteiger partial charge in [-0.25, -0.2) is 0 Å². The van der Waals surface area contributed by atoms with Crippen LogP contribution in [0.2, 0.25) is 0 Å². The molecular weight excluding hydrogens is 308 g/mol. The molecule has 24 heavy (non-hydrogen) atoms. The lowest BCUT2D eigenvalue weighted by Gasteiger charge is -2.44. The summed E-state index contributed by atoms with van der Waals surface area (Å²) in [5.41, 5.74) is 0.213. The van der Waals surface area contributed by atoms with Crippen LogP contribution in [0.15, 0.2) is 30.3 Å². The van der Waals surface area contributed by atoms with Crippen molar-refractivity contribution >= 4 is 11.9 Å². The zero-order chi connectivity index (χ0) is 17.7. The molecule has 0 spiro atoms. The van der Waals surface area contributed by atoms with Gasteiger partial charge in [0.1, 0.15) is 6.04 Å². The van der Waals surface area contributed by atoms with Crippen molar-refractivity contribution in [3.05, 3.63) is 35.9 Å². The number of morpholine rings is 1. The van der Waals surface area contributed by atoms with Crippen molar-refractivity contribution in [3.8, 4) is 0 Å². The normalized spacial score (nSPS) is 21.8. The van der Waals surface area contributed by atoms with E-state index >= 15 is 0 Å². The first-order valence-corrected chi connectivity index (χ1v) is 8.15. The summed E-state index contributed by atoms with van der Waals surface area (Å²) in [4.78, 5) is 26.5. The lowest BCUT2D eigenvalue weighted by atomic mass is 10.0. The van der Waals surface area contributed by atoms with E-state index in [0.717, 1.165) is 0 Å². The molecule has 1 aromatic carbocycles. The Bertz CT molecular complexity index is 574. The van der Waals surface area contributed by atoms with Crippen molar-refractivity contribution in [1.82, 2.24) is 10.2 Å². The van der Waals surface area contributed by atoms with E-state index in [0.29, 0.717) is 18.7 Å². The minimum Gasteiger partial charge on any atom is -0.468 e. The van der Waals surface area contributed by atoms with E-state index < -0.39 is 6.04 Å².